The van der Waals surface area contributed by atoms with Gasteiger partial charge in [-0.05, 0) is 19.8 Å². The third-order valence-electron chi connectivity index (χ3n) is 4.10. The first-order valence-corrected chi connectivity index (χ1v) is 10.1. The molecule has 6 nitrogen and oxygen atoms in total. The van der Waals surface area contributed by atoms with Crippen LogP contribution in [0.4, 0.5) is 0 Å². The highest BCUT2D eigenvalue weighted by Crippen LogP contribution is 2.32. The summed E-state index contributed by atoms with van der Waals surface area (Å²) >= 11 is 3.32. The van der Waals surface area contributed by atoms with E-state index < -0.39 is 5.54 Å². The molecule has 0 aromatic carbocycles. The Bertz CT molecular complexity index is 461. The Labute approximate surface area is 145 Å². The van der Waals surface area contributed by atoms with Crippen LogP contribution in [0.25, 0.3) is 0 Å². The van der Waals surface area contributed by atoms with Crippen LogP contribution in [0.1, 0.15) is 39.5 Å². The van der Waals surface area contributed by atoms with Crippen molar-refractivity contribution in [1.82, 2.24) is 16.0 Å². The van der Waals surface area contributed by atoms with E-state index in [-0.39, 0.29) is 28.3 Å². The summed E-state index contributed by atoms with van der Waals surface area (Å²) in [6.45, 7) is 3.68. The Hall–Kier alpha value is -0.890. The second kappa shape index (κ2) is 8.28. The third-order valence-corrected chi connectivity index (χ3v) is 7.09. The van der Waals surface area contributed by atoms with Crippen LogP contribution in [0.3, 0.4) is 0 Å². The molecule has 2 aliphatic rings. The van der Waals surface area contributed by atoms with Crippen LogP contribution >= 0.6 is 23.5 Å². The minimum absolute atomic E-state index is 0.0247. The molecule has 3 amide bonds. The van der Waals surface area contributed by atoms with Crippen molar-refractivity contribution < 1.29 is 14.4 Å². The van der Waals surface area contributed by atoms with Gasteiger partial charge in [0.25, 0.3) is 0 Å². The lowest BCUT2D eigenvalue weighted by atomic mass is 9.96. The van der Waals surface area contributed by atoms with Crippen molar-refractivity contribution in [2.75, 3.05) is 18.1 Å². The summed E-state index contributed by atoms with van der Waals surface area (Å²) in [4.78, 5) is 35.9. The average molecular weight is 360 g/mol. The molecule has 1 aliphatic heterocycles. The Balaban J connectivity index is 1.80. The van der Waals surface area contributed by atoms with E-state index in [4.69, 9.17) is 0 Å². The summed E-state index contributed by atoms with van der Waals surface area (Å²) in [5, 5.41) is 8.64. The zero-order chi connectivity index (χ0) is 16.9. The van der Waals surface area contributed by atoms with Gasteiger partial charge in [-0.1, -0.05) is 12.8 Å². The molecule has 2 rings (SSSR count). The Morgan fingerprint density at radius 1 is 1.17 bits per heavy atom. The maximum absolute atomic E-state index is 12.5. The Kier molecular flexibility index (Phi) is 6.64. The lowest BCUT2D eigenvalue weighted by molar-refractivity contribution is -0.132. The summed E-state index contributed by atoms with van der Waals surface area (Å²) in [5.41, 5.74) is -0.771. The first-order chi connectivity index (χ1) is 10.9. The molecular weight excluding hydrogens is 334 g/mol. The predicted octanol–water partition coefficient (Wildman–Crippen LogP) is 0.862. The van der Waals surface area contributed by atoms with Gasteiger partial charge in [-0.2, -0.15) is 0 Å². The lowest BCUT2D eigenvalue weighted by Crippen LogP contribution is -2.58. The fraction of sp³-hybridized carbons (Fsp3) is 0.800. The van der Waals surface area contributed by atoms with Gasteiger partial charge >= 0.3 is 0 Å². The molecule has 8 heteroatoms. The number of thioether (sulfide) groups is 2. The van der Waals surface area contributed by atoms with Crippen molar-refractivity contribution in [1.29, 1.82) is 0 Å². The van der Waals surface area contributed by atoms with Crippen LogP contribution in [-0.2, 0) is 14.4 Å². The number of hydrogen-bond acceptors (Lipinski definition) is 5. The Morgan fingerprint density at radius 3 is 2.35 bits per heavy atom. The van der Waals surface area contributed by atoms with E-state index in [1.54, 1.807) is 23.5 Å². The molecule has 0 bridgehead atoms. The second-order valence-corrected chi connectivity index (χ2v) is 8.89. The molecule has 0 aromatic rings. The van der Waals surface area contributed by atoms with Gasteiger partial charge in [0, 0.05) is 31.0 Å². The van der Waals surface area contributed by atoms with Crippen molar-refractivity contribution in [2.24, 2.45) is 0 Å². The highest BCUT2D eigenvalue weighted by Gasteiger charge is 2.41. The van der Waals surface area contributed by atoms with Crippen molar-refractivity contribution in [3.05, 3.63) is 0 Å². The number of carbonyl (C=O) groups excluding carboxylic acids is 3. The van der Waals surface area contributed by atoms with Crippen molar-refractivity contribution >= 4 is 41.2 Å². The summed E-state index contributed by atoms with van der Waals surface area (Å²) < 4.78 is -0.0336. The van der Waals surface area contributed by atoms with Crippen LogP contribution in [0, 0.1) is 0 Å². The van der Waals surface area contributed by atoms with Gasteiger partial charge in [-0.3, -0.25) is 14.4 Å². The summed E-state index contributed by atoms with van der Waals surface area (Å²) in [5.74, 6) is 1.71. The van der Waals surface area contributed by atoms with Crippen LogP contribution in [-0.4, -0.2) is 51.9 Å². The van der Waals surface area contributed by atoms with E-state index in [0.717, 1.165) is 24.3 Å². The minimum Gasteiger partial charge on any atom is -0.352 e. The molecule has 0 radical (unpaired) electrons. The molecule has 23 heavy (non-hydrogen) atoms. The van der Waals surface area contributed by atoms with Gasteiger partial charge < -0.3 is 16.0 Å². The van der Waals surface area contributed by atoms with Crippen molar-refractivity contribution in [2.45, 2.75) is 55.7 Å². The van der Waals surface area contributed by atoms with Crippen molar-refractivity contribution in [3.8, 4) is 0 Å². The maximum atomic E-state index is 12.5. The standard InChI is InChI=1S/C15H25N3O3S2/c1-10(17-12(20)13-22-7-8-23-13)9-16-14(21)15(18-11(2)19)5-3-4-6-15/h10,13H,3-9H2,1-2H3,(H,16,21)(H,17,20)(H,18,19). The average Bonchev–Trinajstić information content (AvgIpc) is 3.15. The molecule has 130 valence electrons. The van der Waals surface area contributed by atoms with E-state index in [1.807, 2.05) is 6.92 Å². The predicted molar refractivity (Wildman–Crippen MR) is 94.3 cm³/mol. The van der Waals surface area contributed by atoms with Gasteiger partial charge in [-0.15, -0.1) is 23.5 Å². The zero-order valence-electron chi connectivity index (χ0n) is 13.6. The quantitative estimate of drug-likeness (QED) is 0.655. The van der Waals surface area contributed by atoms with Crippen LogP contribution < -0.4 is 16.0 Å². The first-order valence-electron chi connectivity index (χ1n) is 8.03. The molecule has 1 unspecified atom stereocenters. The summed E-state index contributed by atoms with van der Waals surface area (Å²) in [7, 11) is 0. The van der Waals surface area contributed by atoms with Gasteiger partial charge in [0.15, 0.2) is 0 Å². The highest BCUT2D eigenvalue weighted by molar-refractivity contribution is 8.21. The number of carbonyl (C=O) groups is 3. The normalized spacial score (nSPS) is 21.7. The number of amides is 3. The molecule has 1 saturated carbocycles. The summed E-state index contributed by atoms with van der Waals surface area (Å²) in [6.07, 6.45) is 3.23. The maximum Gasteiger partial charge on any atom is 0.245 e. The summed E-state index contributed by atoms with van der Waals surface area (Å²) in [6, 6.07) is -0.135. The van der Waals surface area contributed by atoms with Crippen LogP contribution in [0.5, 0.6) is 0 Å². The largest absolute Gasteiger partial charge is 0.352 e. The fourth-order valence-corrected chi connectivity index (χ4v) is 5.61. The van der Waals surface area contributed by atoms with E-state index in [0.29, 0.717) is 19.4 Å². The SMILES string of the molecule is CC(=O)NC1(C(=O)NCC(C)NC(=O)C2SCCS2)CCCC1. The monoisotopic (exact) mass is 359 g/mol. The van der Waals surface area contributed by atoms with E-state index in [2.05, 4.69) is 16.0 Å². The van der Waals surface area contributed by atoms with E-state index >= 15 is 0 Å². The first kappa shape index (κ1) is 18.4. The lowest BCUT2D eigenvalue weighted by Gasteiger charge is -2.29. The van der Waals surface area contributed by atoms with Gasteiger partial charge in [0.1, 0.15) is 10.1 Å². The molecule has 1 saturated heterocycles. The molecule has 1 atom stereocenters. The topological polar surface area (TPSA) is 87.3 Å². The second-order valence-electron chi connectivity index (χ2n) is 6.16. The zero-order valence-corrected chi connectivity index (χ0v) is 15.3. The molecule has 0 aromatic heterocycles. The van der Waals surface area contributed by atoms with Gasteiger partial charge in [-0.25, -0.2) is 0 Å². The van der Waals surface area contributed by atoms with Crippen molar-refractivity contribution in [3.63, 3.8) is 0 Å². The van der Waals surface area contributed by atoms with Crippen LogP contribution in [0.2, 0.25) is 0 Å². The molecule has 0 spiro atoms. The highest BCUT2D eigenvalue weighted by atomic mass is 32.2. The number of hydrogen-bond donors (Lipinski definition) is 3. The molecule has 2 fully saturated rings. The molecule has 3 N–H and O–H groups in total. The number of nitrogens with one attached hydrogen (secondary N) is 3. The van der Waals surface area contributed by atoms with Gasteiger partial charge in [0.2, 0.25) is 17.7 Å². The minimum atomic E-state index is -0.771. The Morgan fingerprint density at radius 2 is 1.78 bits per heavy atom. The smallest absolute Gasteiger partial charge is 0.245 e. The third kappa shape index (κ3) is 5.04. The van der Waals surface area contributed by atoms with Crippen LogP contribution in [0.15, 0.2) is 0 Å². The molecule has 1 heterocycles. The molecule has 1 aliphatic carbocycles. The fourth-order valence-electron chi connectivity index (χ4n) is 3.01. The van der Waals surface area contributed by atoms with Gasteiger partial charge in [0.05, 0.1) is 0 Å². The number of rotatable bonds is 6. The molecular formula is C15H25N3O3S2. The van der Waals surface area contributed by atoms with E-state index in [9.17, 15) is 14.4 Å². The van der Waals surface area contributed by atoms with E-state index in [1.165, 1.54) is 6.92 Å².